The van der Waals surface area contributed by atoms with E-state index in [-0.39, 0.29) is 11.9 Å². The summed E-state index contributed by atoms with van der Waals surface area (Å²) in [5, 5.41) is 12.7. The average Bonchev–Trinajstić information content (AvgIpc) is 2.64. The zero-order valence-electron chi connectivity index (χ0n) is 10.6. The van der Waals surface area contributed by atoms with E-state index in [0.717, 1.165) is 43.7 Å². The van der Waals surface area contributed by atoms with E-state index in [4.69, 9.17) is 0 Å². The smallest absolute Gasteiger partial charge is 0.124 e. The van der Waals surface area contributed by atoms with Gasteiger partial charge in [0.2, 0.25) is 0 Å². The summed E-state index contributed by atoms with van der Waals surface area (Å²) in [6, 6.07) is 6.64. The van der Waals surface area contributed by atoms with Crippen molar-refractivity contribution in [3.63, 3.8) is 0 Å². The Morgan fingerprint density at radius 3 is 3.00 bits per heavy atom. The van der Waals surface area contributed by atoms with Gasteiger partial charge in [0.05, 0.1) is 6.07 Å². The molecule has 0 saturated carbocycles. The van der Waals surface area contributed by atoms with Crippen LogP contribution in [0.3, 0.4) is 0 Å². The van der Waals surface area contributed by atoms with E-state index in [0.29, 0.717) is 0 Å². The fourth-order valence-corrected chi connectivity index (χ4v) is 2.38. The van der Waals surface area contributed by atoms with Gasteiger partial charge < -0.3 is 5.32 Å². The number of nitriles is 1. The number of rotatable bonds is 2. The molecule has 0 aromatic heterocycles. The predicted octanol–water partition coefficient (Wildman–Crippen LogP) is 1.99. The highest BCUT2D eigenvalue weighted by atomic mass is 19.1. The van der Waals surface area contributed by atoms with E-state index in [1.165, 1.54) is 12.1 Å². The zero-order valence-corrected chi connectivity index (χ0v) is 10.6. The van der Waals surface area contributed by atoms with Gasteiger partial charge in [-0.05, 0) is 43.1 Å². The Morgan fingerprint density at radius 1 is 1.39 bits per heavy atom. The first-order valence-corrected chi connectivity index (χ1v) is 6.33. The van der Waals surface area contributed by atoms with Crippen molar-refractivity contribution in [1.29, 1.82) is 5.26 Å². The van der Waals surface area contributed by atoms with Gasteiger partial charge in [-0.2, -0.15) is 5.26 Å². The van der Waals surface area contributed by atoms with Crippen LogP contribution < -0.4 is 5.32 Å². The second-order valence-electron chi connectivity index (χ2n) is 4.67. The molecule has 18 heavy (non-hydrogen) atoms. The largest absolute Gasteiger partial charge is 0.315 e. The SMILES string of the molecule is Cc1ccc(F)cc1C(C#N)N1CCCNCC1. The average molecular weight is 247 g/mol. The third-order valence-electron chi connectivity index (χ3n) is 3.40. The summed E-state index contributed by atoms with van der Waals surface area (Å²) >= 11 is 0. The summed E-state index contributed by atoms with van der Waals surface area (Å²) in [5.74, 6) is -0.274. The monoisotopic (exact) mass is 247 g/mol. The van der Waals surface area contributed by atoms with Gasteiger partial charge in [0.25, 0.3) is 0 Å². The van der Waals surface area contributed by atoms with Crippen molar-refractivity contribution in [2.24, 2.45) is 0 Å². The molecule has 0 amide bonds. The molecule has 1 atom stereocenters. The van der Waals surface area contributed by atoms with Crippen molar-refractivity contribution >= 4 is 0 Å². The Balaban J connectivity index is 2.26. The Bertz CT molecular complexity index is 445. The summed E-state index contributed by atoms with van der Waals surface area (Å²) in [4.78, 5) is 2.13. The number of benzene rings is 1. The zero-order chi connectivity index (χ0) is 13.0. The van der Waals surface area contributed by atoms with Crippen LogP contribution in [-0.2, 0) is 0 Å². The molecule has 1 unspecified atom stereocenters. The van der Waals surface area contributed by atoms with Crippen LogP contribution in [0.1, 0.15) is 23.6 Å². The highest BCUT2D eigenvalue weighted by Gasteiger charge is 2.22. The van der Waals surface area contributed by atoms with Gasteiger partial charge in [-0.25, -0.2) is 4.39 Å². The number of hydrogen-bond donors (Lipinski definition) is 1. The molecule has 1 fully saturated rings. The Kier molecular flexibility index (Phi) is 4.29. The first kappa shape index (κ1) is 13.0. The molecule has 0 aliphatic carbocycles. The van der Waals surface area contributed by atoms with Crippen LogP contribution in [0.4, 0.5) is 4.39 Å². The number of nitrogens with one attached hydrogen (secondary N) is 1. The molecular weight excluding hydrogens is 229 g/mol. The predicted molar refractivity (Wildman–Crippen MR) is 68.6 cm³/mol. The lowest BCUT2D eigenvalue weighted by molar-refractivity contribution is 0.251. The van der Waals surface area contributed by atoms with Crippen molar-refractivity contribution in [3.05, 3.63) is 35.1 Å². The fourth-order valence-electron chi connectivity index (χ4n) is 2.38. The lowest BCUT2D eigenvalue weighted by atomic mass is 10.0. The molecule has 0 bridgehead atoms. The summed E-state index contributed by atoms with van der Waals surface area (Å²) in [6.45, 7) is 5.49. The van der Waals surface area contributed by atoms with Crippen LogP contribution in [0, 0.1) is 24.1 Å². The highest BCUT2D eigenvalue weighted by molar-refractivity contribution is 5.33. The Labute approximate surface area is 107 Å². The minimum atomic E-state index is -0.347. The maximum absolute atomic E-state index is 13.4. The van der Waals surface area contributed by atoms with E-state index in [1.807, 2.05) is 6.92 Å². The van der Waals surface area contributed by atoms with Gasteiger partial charge in [-0.3, -0.25) is 4.90 Å². The first-order chi connectivity index (χ1) is 8.72. The molecule has 1 aliphatic heterocycles. The quantitative estimate of drug-likeness (QED) is 0.868. The van der Waals surface area contributed by atoms with Crippen LogP contribution >= 0.6 is 0 Å². The molecule has 1 saturated heterocycles. The van der Waals surface area contributed by atoms with Gasteiger partial charge >= 0.3 is 0 Å². The molecule has 4 heteroatoms. The highest BCUT2D eigenvalue weighted by Crippen LogP contribution is 2.24. The van der Waals surface area contributed by atoms with Crippen LogP contribution in [0.2, 0.25) is 0 Å². The lowest BCUT2D eigenvalue weighted by Crippen LogP contribution is -2.32. The van der Waals surface area contributed by atoms with Crippen LogP contribution in [0.5, 0.6) is 0 Å². The van der Waals surface area contributed by atoms with Gasteiger partial charge in [-0.15, -0.1) is 0 Å². The third kappa shape index (κ3) is 2.87. The van der Waals surface area contributed by atoms with E-state index in [2.05, 4.69) is 16.3 Å². The van der Waals surface area contributed by atoms with Gasteiger partial charge in [-0.1, -0.05) is 6.07 Å². The van der Waals surface area contributed by atoms with E-state index < -0.39 is 0 Å². The molecule has 1 aromatic carbocycles. The molecule has 3 nitrogen and oxygen atoms in total. The number of nitrogens with zero attached hydrogens (tertiary/aromatic N) is 2. The van der Waals surface area contributed by atoms with E-state index in [9.17, 15) is 9.65 Å². The van der Waals surface area contributed by atoms with Crippen LogP contribution in [0.25, 0.3) is 0 Å². The maximum Gasteiger partial charge on any atom is 0.124 e. The van der Waals surface area contributed by atoms with Crippen molar-refractivity contribution in [1.82, 2.24) is 10.2 Å². The molecule has 1 heterocycles. The molecular formula is C14H18FN3. The molecule has 0 spiro atoms. The summed E-state index contributed by atoms with van der Waals surface area (Å²) in [5.41, 5.74) is 1.76. The normalized spacial score (nSPS) is 18.9. The second-order valence-corrected chi connectivity index (χ2v) is 4.67. The van der Waals surface area contributed by atoms with Crippen molar-refractivity contribution in [2.75, 3.05) is 26.2 Å². The van der Waals surface area contributed by atoms with Crippen molar-refractivity contribution in [3.8, 4) is 6.07 Å². The Morgan fingerprint density at radius 2 is 2.22 bits per heavy atom. The Hall–Kier alpha value is -1.44. The van der Waals surface area contributed by atoms with Gasteiger partial charge in [0.15, 0.2) is 0 Å². The number of halogens is 1. The van der Waals surface area contributed by atoms with Crippen LogP contribution in [-0.4, -0.2) is 31.1 Å². The van der Waals surface area contributed by atoms with Crippen LogP contribution in [0.15, 0.2) is 18.2 Å². The third-order valence-corrected chi connectivity index (χ3v) is 3.40. The first-order valence-electron chi connectivity index (χ1n) is 6.33. The molecule has 1 aliphatic rings. The van der Waals surface area contributed by atoms with Gasteiger partial charge in [0, 0.05) is 19.6 Å². The van der Waals surface area contributed by atoms with E-state index in [1.54, 1.807) is 6.07 Å². The number of aryl methyl sites for hydroxylation is 1. The standard InChI is InChI=1S/C14H18FN3/c1-11-3-4-12(15)9-13(11)14(10-16)18-7-2-5-17-6-8-18/h3-4,9,14,17H,2,5-8H2,1H3. The minimum Gasteiger partial charge on any atom is -0.315 e. The summed E-state index contributed by atoms with van der Waals surface area (Å²) in [6.07, 6.45) is 1.02. The topological polar surface area (TPSA) is 39.1 Å². The molecule has 1 N–H and O–H groups in total. The lowest BCUT2D eigenvalue weighted by Gasteiger charge is -2.26. The maximum atomic E-state index is 13.4. The van der Waals surface area contributed by atoms with Crippen molar-refractivity contribution < 1.29 is 4.39 Å². The number of hydrogen-bond acceptors (Lipinski definition) is 3. The summed E-state index contributed by atoms with van der Waals surface area (Å²) in [7, 11) is 0. The second kappa shape index (κ2) is 5.94. The van der Waals surface area contributed by atoms with E-state index >= 15 is 0 Å². The molecule has 2 rings (SSSR count). The molecule has 0 radical (unpaired) electrons. The minimum absolute atomic E-state index is 0.274. The van der Waals surface area contributed by atoms with Crippen molar-refractivity contribution in [2.45, 2.75) is 19.4 Å². The molecule has 1 aromatic rings. The molecule has 96 valence electrons. The summed E-state index contributed by atoms with van der Waals surface area (Å²) < 4.78 is 13.4. The fraction of sp³-hybridized carbons (Fsp3) is 0.500. The van der Waals surface area contributed by atoms with Gasteiger partial charge in [0.1, 0.15) is 11.9 Å².